The number of carbonyl (C=O) groups is 1. The van der Waals surface area contributed by atoms with Crippen LogP contribution in [0.25, 0.3) is 10.9 Å². The maximum absolute atomic E-state index is 12.2. The predicted molar refractivity (Wildman–Crippen MR) is 161 cm³/mol. The fraction of sp³-hybridized carbons (Fsp3) is 0.484. The van der Waals surface area contributed by atoms with Crippen LogP contribution in [0, 0.1) is 5.41 Å². The normalized spacial score (nSPS) is 13.1. The topological polar surface area (TPSA) is 125 Å². The quantitative estimate of drug-likeness (QED) is 0.213. The zero-order chi connectivity index (χ0) is 30.0. The Hall–Kier alpha value is -3.60. The van der Waals surface area contributed by atoms with Crippen LogP contribution in [0.4, 0.5) is 10.5 Å². The molecule has 0 bridgehead atoms. The molecule has 0 spiro atoms. The molecule has 10 heteroatoms. The van der Waals surface area contributed by atoms with Crippen molar-refractivity contribution in [2.45, 2.75) is 53.2 Å². The van der Waals surface area contributed by atoms with E-state index in [0.717, 1.165) is 11.8 Å². The Labute approximate surface area is 242 Å². The van der Waals surface area contributed by atoms with Crippen LogP contribution >= 0.6 is 0 Å². The number of anilines is 1. The Bertz CT molecular complexity index is 1250. The summed E-state index contributed by atoms with van der Waals surface area (Å²) in [5, 5.41) is 26.0. The third-order valence-corrected chi connectivity index (χ3v) is 6.20. The lowest BCUT2D eigenvalue weighted by molar-refractivity contribution is 0.0746. The number of benzene rings is 2. The molecular weight excluding hydrogens is 524 g/mol. The maximum atomic E-state index is 12.2. The van der Waals surface area contributed by atoms with E-state index in [9.17, 15) is 15.0 Å². The molecule has 2 aromatic carbocycles. The predicted octanol–water partition coefficient (Wildman–Crippen LogP) is 5.04. The van der Waals surface area contributed by atoms with Crippen molar-refractivity contribution in [3.05, 3.63) is 48.7 Å². The van der Waals surface area contributed by atoms with Gasteiger partial charge in [-0.05, 0) is 62.1 Å². The summed E-state index contributed by atoms with van der Waals surface area (Å²) >= 11 is 0. The summed E-state index contributed by atoms with van der Waals surface area (Å²) in [6.07, 6.45) is 1.53. The van der Waals surface area contributed by atoms with E-state index in [4.69, 9.17) is 14.2 Å². The fourth-order valence-corrected chi connectivity index (χ4v) is 4.24. The van der Waals surface area contributed by atoms with Gasteiger partial charge in [0.1, 0.15) is 18.1 Å². The van der Waals surface area contributed by atoms with Gasteiger partial charge in [0.2, 0.25) is 0 Å². The highest BCUT2D eigenvalue weighted by Crippen LogP contribution is 2.37. The van der Waals surface area contributed by atoms with Gasteiger partial charge in [-0.1, -0.05) is 20.8 Å². The first-order valence-electron chi connectivity index (χ1n) is 13.9. The Balaban J connectivity index is 1.66. The van der Waals surface area contributed by atoms with Gasteiger partial charge in [-0.3, -0.25) is 9.88 Å². The molecule has 0 fully saturated rings. The van der Waals surface area contributed by atoms with Crippen LogP contribution in [-0.4, -0.2) is 78.2 Å². The molecule has 41 heavy (non-hydrogen) atoms. The molecular formula is C31H44N4O6. The summed E-state index contributed by atoms with van der Waals surface area (Å²) in [5.74, 6) is 2.27. The second-order valence-corrected chi connectivity index (χ2v) is 11.5. The van der Waals surface area contributed by atoms with Crippen molar-refractivity contribution in [2.24, 2.45) is 5.41 Å². The van der Waals surface area contributed by atoms with E-state index in [2.05, 4.69) is 36.4 Å². The van der Waals surface area contributed by atoms with Gasteiger partial charge in [0, 0.05) is 49.5 Å². The monoisotopic (exact) mass is 568 g/mol. The Morgan fingerprint density at radius 2 is 1.68 bits per heavy atom. The number of hydrogen-bond donors (Lipinski definition) is 4. The van der Waals surface area contributed by atoms with Crippen LogP contribution in [-0.2, 0) is 0 Å². The largest absolute Gasteiger partial charge is 0.493 e. The highest BCUT2D eigenvalue weighted by Gasteiger charge is 2.15. The number of amides is 2. The molecule has 4 N–H and O–H groups in total. The minimum Gasteiger partial charge on any atom is -0.493 e. The van der Waals surface area contributed by atoms with Gasteiger partial charge in [-0.25, -0.2) is 4.79 Å². The molecule has 0 radical (unpaired) electrons. The number of aromatic nitrogens is 1. The first kappa shape index (κ1) is 31.9. The number of pyridine rings is 1. The van der Waals surface area contributed by atoms with Crippen molar-refractivity contribution >= 4 is 22.6 Å². The van der Waals surface area contributed by atoms with E-state index in [1.54, 1.807) is 63.6 Å². The van der Waals surface area contributed by atoms with Crippen molar-refractivity contribution in [3.63, 3.8) is 0 Å². The number of urea groups is 1. The molecule has 0 aliphatic heterocycles. The van der Waals surface area contributed by atoms with Crippen molar-refractivity contribution in [1.29, 1.82) is 0 Å². The molecule has 2 unspecified atom stereocenters. The Morgan fingerprint density at radius 3 is 2.29 bits per heavy atom. The number of nitrogens with zero attached hydrogens (tertiary/aromatic N) is 2. The Kier molecular flexibility index (Phi) is 11.6. The van der Waals surface area contributed by atoms with E-state index >= 15 is 0 Å². The number of carbonyl (C=O) groups excluding carboxylic acids is 1. The molecule has 2 amide bonds. The summed E-state index contributed by atoms with van der Waals surface area (Å²) in [6.45, 7) is 12.2. The highest BCUT2D eigenvalue weighted by atomic mass is 16.5. The van der Waals surface area contributed by atoms with Gasteiger partial charge in [0.15, 0.2) is 11.5 Å². The molecule has 2 atom stereocenters. The summed E-state index contributed by atoms with van der Waals surface area (Å²) in [7, 11) is 1.57. The number of aliphatic hydroxyl groups excluding tert-OH is 2. The number of hydrogen-bond acceptors (Lipinski definition) is 8. The summed E-state index contributed by atoms with van der Waals surface area (Å²) < 4.78 is 17.8. The molecule has 0 aliphatic rings. The zero-order valence-electron chi connectivity index (χ0n) is 24.9. The van der Waals surface area contributed by atoms with E-state index in [0.29, 0.717) is 67.0 Å². The number of methoxy groups -OCH3 is 1. The zero-order valence-corrected chi connectivity index (χ0v) is 24.9. The van der Waals surface area contributed by atoms with Crippen molar-refractivity contribution < 1.29 is 29.2 Å². The molecule has 1 aromatic heterocycles. The standard InChI is InChI=1S/C31H44N4O6/c1-21(36)19-35(20-22(2)37)15-16-40-29-18-26-25(17-28(29)39-6)27(11-13-32-26)41-24-9-7-23(8-10-24)34-30(38)33-14-12-31(3,4)5/h7-11,13,17-18,21-22,36-37H,12,14-16,19-20H2,1-6H3,(H2,33,34,38). The van der Waals surface area contributed by atoms with Crippen molar-refractivity contribution in [3.8, 4) is 23.0 Å². The van der Waals surface area contributed by atoms with Gasteiger partial charge >= 0.3 is 6.03 Å². The third-order valence-electron chi connectivity index (χ3n) is 6.20. The average molecular weight is 569 g/mol. The number of nitrogens with one attached hydrogen (secondary N) is 2. The van der Waals surface area contributed by atoms with Crippen LogP contribution < -0.4 is 24.8 Å². The van der Waals surface area contributed by atoms with Crippen LogP contribution in [0.5, 0.6) is 23.0 Å². The lowest BCUT2D eigenvalue weighted by Crippen LogP contribution is -2.38. The number of aliphatic hydroxyl groups is 2. The van der Waals surface area contributed by atoms with Gasteiger partial charge < -0.3 is 35.1 Å². The number of ether oxygens (including phenoxy) is 3. The minimum absolute atomic E-state index is 0.156. The molecule has 3 aromatic rings. The molecule has 0 saturated heterocycles. The van der Waals surface area contributed by atoms with Gasteiger partial charge in [0.05, 0.1) is 24.8 Å². The van der Waals surface area contributed by atoms with Crippen molar-refractivity contribution in [2.75, 3.05) is 45.2 Å². The molecule has 10 nitrogen and oxygen atoms in total. The van der Waals surface area contributed by atoms with Crippen LogP contribution in [0.2, 0.25) is 0 Å². The van der Waals surface area contributed by atoms with Crippen LogP contribution in [0.3, 0.4) is 0 Å². The lowest BCUT2D eigenvalue weighted by atomic mass is 9.92. The van der Waals surface area contributed by atoms with E-state index < -0.39 is 12.2 Å². The van der Waals surface area contributed by atoms with Crippen molar-refractivity contribution in [1.82, 2.24) is 15.2 Å². The van der Waals surface area contributed by atoms with Crippen LogP contribution in [0.15, 0.2) is 48.7 Å². The van der Waals surface area contributed by atoms with Gasteiger partial charge in [-0.15, -0.1) is 0 Å². The fourth-order valence-electron chi connectivity index (χ4n) is 4.24. The van der Waals surface area contributed by atoms with Gasteiger partial charge in [-0.2, -0.15) is 0 Å². The third kappa shape index (κ3) is 10.7. The molecule has 0 saturated carbocycles. The molecule has 0 aliphatic carbocycles. The highest BCUT2D eigenvalue weighted by molar-refractivity contribution is 5.89. The summed E-state index contributed by atoms with van der Waals surface area (Å²) in [4.78, 5) is 18.6. The van der Waals surface area contributed by atoms with Crippen LogP contribution in [0.1, 0.15) is 41.0 Å². The number of fused-ring (bicyclic) bond motifs is 1. The molecule has 1 heterocycles. The second kappa shape index (κ2) is 14.9. The Morgan fingerprint density at radius 1 is 1.00 bits per heavy atom. The summed E-state index contributed by atoms with van der Waals surface area (Å²) in [5.41, 5.74) is 1.49. The van der Waals surface area contributed by atoms with E-state index in [-0.39, 0.29) is 11.4 Å². The molecule has 3 rings (SSSR count). The minimum atomic E-state index is -0.512. The smallest absolute Gasteiger partial charge is 0.319 e. The first-order valence-corrected chi connectivity index (χ1v) is 13.9. The second-order valence-electron chi connectivity index (χ2n) is 11.5. The SMILES string of the molecule is COc1cc2c(Oc3ccc(NC(=O)NCCC(C)(C)C)cc3)ccnc2cc1OCCN(CC(C)O)CC(C)O. The van der Waals surface area contributed by atoms with E-state index in [1.807, 2.05) is 11.0 Å². The summed E-state index contributed by atoms with van der Waals surface area (Å²) in [6, 6.07) is 12.3. The van der Waals surface area contributed by atoms with Gasteiger partial charge in [0.25, 0.3) is 0 Å². The lowest BCUT2D eigenvalue weighted by Gasteiger charge is -2.25. The average Bonchev–Trinajstić information content (AvgIpc) is 2.88. The maximum Gasteiger partial charge on any atom is 0.319 e. The molecule has 224 valence electrons. The van der Waals surface area contributed by atoms with E-state index in [1.165, 1.54) is 0 Å². The number of rotatable bonds is 14. The first-order chi connectivity index (χ1) is 19.4.